The maximum absolute atomic E-state index is 6.19. The maximum Gasteiger partial charge on any atom is 0.124 e. The van der Waals surface area contributed by atoms with Gasteiger partial charge in [0.25, 0.3) is 0 Å². The summed E-state index contributed by atoms with van der Waals surface area (Å²) in [5, 5.41) is 7.68. The Bertz CT molecular complexity index is 364. The lowest BCUT2D eigenvalue weighted by molar-refractivity contribution is 0.378. The highest BCUT2D eigenvalue weighted by molar-refractivity contribution is 6.31. The Hall–Kier alpha value is -0.770. The molecule has 4 heteroatoms. The van der Waals surface area contributed by atoms with Crippen LogP contribution >= 0.6 is 11.6 Å². The first kappa shape index (κ1) is 12.7. The van der Waals surface area contributed by atoms with Crippen molar-refractivity contribution in [1.82, 2.24) is 10.6 Å². The number of hydrogen-bond donors (Lipinski definition) is 2. The van der Waals surface area contributed by atoms with E-state index in [2.05, 4.69) is 10.6 Å². The zero-order valence-electron chi connectivity index (χ0n) is 10.1. The number of halogens is 1. The molecule has 0 radical (unpaired) electrons. The van der Waals surface area contributed by atoms with E-state index in [0.717, 1.165) is 36.0 Å². The predicted molar refractivity (Wildman–Crippen MR) is 70.7 cm³/mol. The van der Waals surface area contributed by atoms with Gasteiger partial charge >= 0.3 is 0 Å². The third-order valence-electron chi connectivity index (χ3n) is 3.16. The predicted octanol–water partition coefficient (Wildman–Crippen LogP) is 2.19. The van der Waals surface area contributed by atoms with E-state index in [1.54, 1.807) is 7.11 Å². The van der Waals surface area contributed by atoms with E-state index in [0.29, 0.717) is 6.04 Å². The van der Waals surface area contributed by atoms with Crippen LogP contribution in [0.2, 0.25) is 5.02 Å². The summed E-state index contributed by atoms with van der Waals surface area (Å²) in [6.07, 6.45) is 2.46. The average Bonchev–Trinajstić information content (AvgIpc) is 2.38. The van der Waals surface area contributed by atoms with Gasteiger partial charge in [-0.2, -0.15) is 0 Å². The van der Waals surface area contributed by atoms with Gasteiger partial charge in [-0.25, -0.2) is 0 Å². The third kappa shape index (κ3) is 3.35. The summed E-state index contributed by atoms with van der Waals surface area (Å²) < 4.78 is 5.33. The molecule has 3 nitrogen and oxygen atoms in total. The van der Waals surface area contributed by atoms with Crippen molar-refractivity contribution in [3.05, 3.63) is 28.8 Å². The average molecular weight is 255 g/mol. The van der Waals surface area contributed by atoms with Crippen molar-refractivity contribution in [2.45, 2.75) is 25.4 Å². The second kappa shape index (κ2) is 6.24. The lowest BCUT2D eigenvalue weighted by atomic mass is 10.1. The first-order valence-corrected chi connectivity index (χ1v) is 6.44. The molecular weight excluding hydrogens is 236 g/mol. The molecule has 1 saturated heterocycles. The van der Waals surface area contributed by atoms with E-state index in [1.165, 1.54) is 12.8 Å². The zero-order valence-corrected chi connectivity index (χ0v) is 10.9. The van der Waals surface area contributed by atoms with E-state index in [9.17, 15) is 0 Å². The second-order valence-electron chi connectivity index (χ2n) is 4.34. The van der Waals surface area contributed by atoms with Crippen LogP contribution in [0.1, 0.15) is 18.4 Å². The molecule has 2 N–H and O–H groups in total. The number of piperidine rings is 1. The minimum Gasteiger partial charge on any atom is -0.496 e. The molecule has 2 rings (SSSR count). The zero-order chi connectivity index (χ0) is 12.1. The van der Waals surface area contributed by atoms with Crippen LogP contribution in [0, 0.1) is 0 Å². The summed E-state index contributed by atoms with van der Waals surface area (Å²) in [5.74, 6) is 0.855. The summed E-state index contributed by atoms with van der Waals surface area (Å²) in [4.78, 5) is 0. The quantitative estimate of drug-likeness (QED) is 0.864. The van der Waals surface area contributed by atoms with E-state index in [1.807, 2.05) is 18.2 Å². The SMILES string of the molecule is COc1cccc(Cl)c1CNC1CCCNC1. The molecule has 1 heterocycles. The second-order valence-corrected chi connectivity index (χ2v) is 4.75. The topological polar surface area (TPSA) is 33.3 Å². The van der Waals surface area contributed by atoms with Crippen LogP contribution in [0.4, 0.5) is 0 Å². The Morgan fingerprint density at radius 3 is 3.12 bits per heavy atom. The van der Waals surface area contributed by atoms with Gasteiger partial charge in [0.2, 0.25) is 0 Å². The van der Waals surface area contributed by atoms with Crippen molar-refractivity contribution in [3.8, 4) is 5.75 Å². The van der Waals surface area contributed by atoms with Gasteiger partial charge < -0.3 is 15.4 Å². The minimum atomic E-state index is 0.532. The molecule has 1 aliphatic heterocycles. The van der Waals surface area contributed by atoms with E-state index < -0.39 is 0 Å². The summed E-state index contributed by atoms with van der Waals surface area (Å²) in [7, 11) is 1.68. The summed E-state index contributed by atoms with van der Waals surface area (Å²) in [6, 6.07) is 6.29. The smallest absolute Gasteiger partial charge is 0.124 e. The van der Waals surface area contributed by atoms with Gasteiger partial charge in [-0.05, 0) is 31.5 Å². The molecule has 94 valence electrons. The van der Waals surface area contributed by atoms with Crippen molar-refractivity contribution in [2.75, 3.05) is 20.2 Å². The number of benzene rings is 1. The summed E-state index contributed by atoms with van der Waals surface area (Å²) >= 11 is 6.19. The van der Waals surface area contributed by atoms with Gasteiger partial charge in [-0.1, -0.05) is 17.7 Å². The molecule has 0 saturated carbocycles. The lowest BCUT2D eigenvalue weighted by Crippen LogP contribution is -2.42. The molecule has 0 amide bonds. The van der Waals surface area contributed by atoms with Crippen molar-refractivity contribution >= 4 is 11.6 Å². The van der Waals surface area contributed by atoms with Crippen LogP contribution in [-0.4, -0.2) is 26.2 Å². The molecule has 1 unspecified atom stereocenters. The largest absolute Gasteiger partial charge is 0.496 e. The van der Waals surface area contributed by atoms with Crippen molar-refractivity contribution in [1.29, 1.82) is 0 Å². The lowest BCUT2D eigenvalue weighted by Gasteiger charge is -2.24. The molecule has 0 aromatic heterocycles. The molecule has 1 aliphatic rings. The van der Waals surface area contributed by atoms with Crippen LogP contribution < -0.4 is 15.4 Å². The number of methoxy groups -OCH3 is 1. The summed E-state index contributed by atoms with van der Waals surface area (Å²) in [5.41, 5.74) is 1.04. The molecule has 0 spiro atoms. The summed E-state index contributed by atoms with van der Waals surface area (Å²) in [6.45, 7) is 2.93. The fourth-order valence-corrected chi connectivity index (χ4v) is 2.41. The Kier molecular flexibility index (Phi) is 4.66. The standard InChI is InChI=1S/C13H19ClN2O/c1-17-13-6-2-5-12(14)11(13)9-16-10-4-3-7-15-8-10/h2,5-6,10,15-16H,3-4,7-9H2,1H3. The van der Waals surface area contributed by atoms with Crippen molar-refractivity contribution < 1.29 is 4.74 Å². The van der Waals surface area contributed by atoms with Crippen LogP contribution in [0.5, 0.6) is 5.75 Å². The van der Waals surface area contributed by atoms with E-state index in [4.69, 9.17) is 16.3 Å². The van der Waals surface area contributed by atoms with E-state index >= 15 is 0 Å². The van der Waals surface area contributed by atoms with Crippen LogP contribution in [-0.2, 0) is 6.54 Å². The molecule has 17 heavy (non-hydrogen) atoms. The monoisotopic (exact) mass is 254 g/mol. The van der Waals surface area contributed by atoms with E-state index in [-0.39, 0.29) is 0 Å². The number of nitrogens with one attached hydrogen (secondary N) is 2. The number of hydrogen-bond acceptors (Lipinski definition) is 3. The first-order chi connectivity index (χ1) is 8.31. The van der Waals surface area contributed by atoms with Crippen LogP contribution in [0.25, 0.3) is 0 Å². The molecule has 0 bridgehead atoms. The highest BCUT2D eigenvalue weighted by Gasteiger charge is 2.14. The molecule has 0 aliphatic carbocycles. The Labute approximate surface area is 107 Å². The fraction of sp³-hybridized carbons (Fsp3) is 0.538. The van der Waals surface area contributed by atoms with Gasteiger partial charge in [-0.15, -0.1) is 0 Å². The number of ether oxygens (including phenoxy) is 1. The molecule has 1 atom stereocenters. The van der Waals surface area contributed by atoms with Crippen molar-refractivity contribution in [3.63, 3.8) is 0 Å². The number of rotatable bonds is 4. The Balaban J connectivity index is 1.97. The third-order valence-corrected chi connectivity index (χ3v) is 3.51. The van der Waals surface area contributed by atoms with Crippen molar-refractivity contribution in [2.24, 2.45) is 0 Å². The first-order valence-electron chi connectivity index (χ1n) is 6.06. The molecular formula is C13H19ClN2O. The van der Waals surface area contributed by atoms with Gasteiger partial charge in [0.15, 0.2) is 0 Å². The highest BCUT2D eigenvalue weighted by Crippen LogP contribution is 2.26. The van der Waals surface area contributed by atoms with Gasteiger partial charge in [0, 0.05) is 29.7 Å². The molecule has 1 aromatic carbocycles. The maximum atomic E-state index is 6.19. The van der Waals surface area contributed by atoms with Gasteiger partial charge in [0.05, 0.1) is 7.11 Å². The Morgan fingerprint density at radius 2 is 2.41 bits per heavy atom. The molecule has 1 aromatic rings. The highest BCUT2D eigenvalue weighted by atomic mass is 35.5. The van der Waals surface area contributed by atoms with Gasteiger partial charge in [0.1, 0.15) is 5.75 Å². The van der Waals surface area contributed by atoms with Crippen LogP contribution in [0.3, 0.4) is 0 Å². The molecule has 1 fully saturated rings. The normalized spacial score (nSPS) is 20.2. The van der Waals surface area contributed by atoms with Gasteiger partial charge in [-0.3, -0.25) is 0 Å². The Morgan fingerprint density at radius 1 is 1.53 bits per heavy atom. The minimum absolute atomic E-state index is 0.532. The van der Waals surface area contributed by atoms with Crippen LogP contribution in [0.15, 0.2) is 18.2 Å². The fourth-order valence-electron chi connectivity index (χ4n) is 2.17.